The van der Waals surface area contributed by atoms with Crippen molar-refractivity contribution in [3.8, 4) is 10.7 Å². The quantitative estimate of drug-likeness (QED) is 0.234. The first-order valence-corrected chi connectivity index (χ1v) is 17.7. The van der Waals surface area contributed by atoms with Crippen LogP contribution in [0.2, 0.25) is 0 Å². The summed E-state index contributed by atoms with van der Waals surface area (Å²) in [5.74, 6) is 1.20. The normalized spacial score (nSPS) is 20.9. The Balaban J connectivity index is 1.11. The van der Waals surface area contributed by atoms with E-state index in [1.807, 2.05) is 23.7 Å². The lowest BCUT2D eigenvalue weighted by Crippen LogP contribution is -2.39. The Hall–Kier alpha value is -2.24. The van der Waals surface area contributed by atoms with Gasteiger partial charge >= 0.3 is 0 Å². The molecule has 1 saturated carbocycles. The maximum absolute atomic E-state index is 13.7. The van der Waals surface area contributed by atoms with Gasteiger partial charge in [-0.1, -0.05) is 18.2 Å². The van der Waals surface area contributed by atoms with E-state index in [1.54, 1.807) is 27.8 Å². The molecule has 3 fully saturated rings. The number of thiophene rings is 1. The standard InChI is InChI=1S/C30H37N5O2S3/c36-40(37,28-9-5-15-38-28)35(20-22-10-11-22)27-8-3-7-24-16-26(32-29(24)27)30-31-17-25(39-30)21-34-14-4-6-23(19-34)18-33-12-1-2-13-33/h3,5,7-9,15-17,22-23,32H,1-2,4,6,10-14,18-21H2. The van der Waals surface area contributed by atoms with Crippen LogP contribution in [0.25, 0.3) is 21.6 Å². The molecule has 3 aliphatic rings. The van der Waals surface area contributed by atoms with Crippen molar-refractivity contribution in [2.45, 2.75) is 49.3 Å². The molecule has 2 saturated heterocycles. The highest BCUT2D eigenvalue weighted by molar-refractivity contribution is 7.94. The van der Waals surface area contributed by atoms with E-state index in [2.05, 4.69) is 26.9 Å². The summed E-state index contributed by atoms with van der Waals surface area (Å²) < 4.78 is 29.4. The Morgan fingerprint density at radius 2 is 1.85 bits per heavy atom. The first kappa shape index (κ1) is 26.6. The topological polar surface area (TPSA) is 72.5 Å². The molecular formula is C30H37N5O2S3. The number of hydrogen-bond donors (Lipinski definition) is 1. The number of aromatic nitrogens is 2. The van der Waals surface area contributed by atoms with Crippen LogP contribution in [0, 0.1) is 11.8 Å². The van der Waals surface area contributed by atoms with Gasteiger partial charge in [0.1, 0.15) is 9.22 Å². The number of anilines is 1. The second-order valence-corrected chi connectivity index (χ2v) is 15.9. The van der Waals surface area contributed by atoms with Crippen molar-refractivity contribution in [2.24, 2.45) is 11.8 Å². The van der Waals surface area contributed by atoms with Crippen LogP contribution in [0.4, 0.5) is 5.69 Å². The number of hydrogen-bond acceptors (Lipinski definition) is 7. The van der Waals surface area contributed by atoms with Gasteiger partial charge in [-0.3, -0.25) is 9.21 Å². The highest BCUT2D eigenvalue weighted by Crippen LogP contribution is 2.39. The minimum atomic E-state index is -3.63. The van der Waals surface area contributed by atoms with Gasteiger partial charge < -0.3 is 9.88 Å². The summed E-state index contributed by atoms with van der Waals surface area (Å²) in [6, 6.07) is 11.6. The molecule has 10 heteroatoms. The maximum atomic E-state index is 13.7. The molecule has 1 N–H and O–H groups in total. The van der Waals surface area contributed by atoms with Crippen LogP contribution in [0.15, 0.2) is 52.2 Å². The Bertz CT molecular complexity index is 1550. The molecule has 0 bridgehead atoms. The third-order valence-corrected chi connectivity index (χ3v) is 12.7. The van der Waals surface area contributed by atoms with Gasteiger partial charge in [0.25, 0.3) is 10.0 Å². The van der Waals surface area contributed by atoms with Gasteiger partial charge in [-0.05, 0) is 93.6 Å². The minimum absolute atomic E-state index is 0.391. The fourth-order valence-corrected chi connectivity index (χ4v) is 9.93. The van der Waals surface area contributed by atoms with E-state index < -0.39 is 10.0 Å². The summed E-state index contributed by atoms with van der Waals surface area (Å²) in [4.78, 5) is 14.9. The second-order valence-electron chi connectivity index (χ2n) is 11.7. The Morgan fingerprint density at radius 3 is 2.65 bits per heavy atom. The van der Waals surface area contributed by atoms with E-state index >= 15 is 0 Å². The number of benzene rings is 1. The SMILES string of the molecule is O=S(=O)(c1cccs1)N(CC1CC1)c1cccc2cc(-c3ncc(CN4CCCC(CN5CCCC5)C4)s3)[nH]c12. The van der Waals surface area contributed by atoms with Crippen LogP contribution in [0.5, 0.6) is 0 Å². The van der Waals surface area contributed by atoms with Crippen molar-refractivity contribution in [3.05, 3.63) is 52.9 Å². The molecule has 4 aromatic rings. The molecule has 2 aliphatic heterocycles. The molecule has 5 heterocycles. The molecular weight excluding hydrogens is 559 g/mol. The second kappa shape index (κ2) is 11.2. The molecule has 1 aliphatic carbocycles. The molecule has 1 unspecified atom stereocenters. The van der Waals surface area contributed by atoms with Gasteiger partial charge in [-0.15, -0.1) is 22.7 Å². The predicted molar refractivity (Wildman–Crippen MR) is 165 cm³/mol. The number of rotatable bonds is 10. The fourth-order valence-electron chi connectivity index (χ4n) is 6.34. The van der Waals surface area contributed by atoms with Gasteiger partial charge in [0, 0.05) is 42.6 Å². The highest BCUT2D eigenvalue weighted by atomic mass is 32.2. The van der Waals surface area contributed by atoms with Crippen molar-refractivity contribution in [1.82, 2.24) is 19.8 Å². The summed E-state index contributed by atoms with van der Waals surface area (Å²) in [6.45, 7) is 7.61. The van der Waals surface area contributed by atoms with Gasteiger partial charge in [0.2, 0.25) is 0 Å². The number of thiazole rings is 1. The molecule has 0 radical (unpaired) electrons. The Morgan fingerprint density at radius 1 is 1.00 bits per heavy atom. The summed E-state index contributed by atoms with van der Waals surface area (Å²) in [7, 11) is -3.63. The molecule has 40 heavy (non-hydrogen) atoms. The lowest BCUT2D eigenvalue weighted by Gasteiger charge is -2.34. The van der Waals surface area contributed by atoms with E-state index in [0.29, 0.717) is 16.7 Å². The first-order chi connectivity index (χ1) is 19.5. The lowest BCUT2D eigenvalue weighted by atomic mass is 9.97. The number of sulfonamides is 1. The molecule has 1 atom stereocenters. The fraction of sp³-hybridized carbons (Fsp3) is 0.500. The number of nitrogens with one attached hydrogen (secondary N) is 1. The van der Waals surface area contributed by atoms with Crippen LogP contribution in [0.1, 0.15) is 43.4 Å². The molecule has 7 nitrogen and oxygen atoms in total. The van der Waals surface area contributed by atoms with Gasteiger partial charge in [0.05, 0.1) is 16.9 Å². The number of H-pyrrole nitrogens is 1. The first-order valence-electron chi connectivity index (χ1n) is 14.6. The molecule has 1 aromatic carbocycles. The monoisotopic (exact) mass is 595 g/mol. The Kier molecular flexibility index (Phi) is 7.47. The zero-order valence-corrected chi connectivity index (χ0v) is 25.2. The summed E-state index contributed by atoms with van der Waals surface area (Å²) in [5, 5.41) is 3.79. The Labute approximate surface area is 244 Å². The van der Waals surface area contributed by atoms with Crippen LogP contribution < -0.4 is 4.31 Å². The average Bonchev–Trinajstić information content (AvgIpc) is 3.47. The van der Waals surface area contributed by atoms with Gasteiger partial charge in [-0.25, -0.2) is 13.4 Å². The minimum Gasteiger partial charge on any atom is -0.351 e. The number of piperidine rings is 1. The average molecular weight is 596 g/mol. The zero-order valence-electron chi connectivity index (χ0n) is 22.8. The van der Waals surface area contributed by atoms with E-state index in [0.717, 1.165) is 59.1 Å². The van der Waals surface area contributed by atoms with E-state index in [4.69, 9.17) is 4.98 Å². The van der Waals surface area contributed by atoms with Gasteiger partial charge in [0.15, 0.2) is 0 Å². The number of nitrogens with zero attached hydrogens (tertiary/aromatic N) is 4. The maximum Gasteiger partial charge on any atom is 0.273 e. The lowest BCUT2D eigenvalue weighted by molar-refractivity contribution is 0.138. The van der Waals surface area contributed by atoms with Crippen molar-refractivity contribution >= 4 is 49.3 Å². The molecule has 212 valence electrons. The van der Waals surface area contributed by atoms with Crippen molar-refractivity contribution < 1.29 is 8.42 Å². The molecule has 3 aromatic heterocycles. The van der Waals surface area contributed by atoms with Gasteiger partial charge in [-0.2, -0.15) is 0 Å². The van der Waals surface area contributed by atoms with Crippen LogP contribution >= 0.6 is 22.7 Å². The zero-order chi connectivity index (χ0) is 27.1. The molecule has 0 spiro atoms. The van der Waals surface area contributed by atoms with Crippen LogP contribution in [0.3, 0.4) is 0 Å². The summed E-state index contributed by atoms with van der Waals surface area (Å²) in [5.41, 5.74) is 2.53. The third-order valence-electron chi connectivity index (χ3n) is 8.54. The largest absolute Gasteiger partial charge is 0.351 e. The third kappa shape index (κ3) is 5.61. The van der Waals surface area contributed by atoms with E-state index in [9.17, 15) is 8.42 Å². The molecule has 0 amide bonds. The van der Waals surface area contributed by atoms with Crippen molar-refractivity contribution in [2.75, 3.05) is 43.6 Å². The number of likely N-dealkylation sites (tertiary alicyclic amines) is 2. The summed E-state index contributed by atoms with van der Waals surface area (Å²) in [6.07, 6.45) is 9.54. The van der Waals surface area contributed by atoms with Crippen LogP contribution in [-0.2, 0) is 16.6 Å². The molecule has 7 rings (SSSR count). The number of aromatic amines is 1. The highest BCUT2D eigenvalue weighted by Gasteiger charge is 2.34. The number of fused-ring (bicyclic) bond motifs is 1. The summed E-state index contributed by atoms with van der Waals surface area (Å²) >= 11 is 3.02. The predicted octanol–water partition coefficient (Wildman–Crippen LogP) is 6.27. The smallest absolute Gasteiger partial charge is 0.273 e. The van der Waals surface area contributed by atoms with Crippen LogP contribution in [-0.4, -0.2) is 67.5 Å². The van der Waals surface area contributed by atoms with Crippen molar-refractivity contribution in [3.63, 3.8) is 0 Å². The van der Waals surface area contributed by atoms with E-state index in [1.165, 1.54) is 68.1 Å². The van der Waals surface area contributed by atoms with E-state index in [-0.39, 0.29) is 0 Å². The number of para-hydroxylation sites is 1. The van der Waals surface area contributed by atoms with Crippen molar-refractivity contribution in [1.29, 1.82) is 0 Å².